The highest BCUT2D eigenvalue weighted by molar-refractivity contribution is 5.96. The number of benzene rings is 2. The molecule has 0 radical (unpaired) electrons. The zero-order chi connectivity index (χ0) is 19.8. The van der Waals surface area contributed by atoms with E-state index in [2.05, 4.69) is 25.8 Å². The number of nitrogens with zero attached hydrogens (tertiary/aromatic N) is 3. The summed E-state index contributed by atoms with van der Waals surface area (Å²) in [5.41, 5.74) is 2.17. The van der Waals surface area contributed by atoms with E-state index >= 15 is 0 Å². The fourth-order valence-corrected chi connectivity index (χ4v) is 2.57. The van der Waals surface area contributed by atoms with Crippen molar-refractivity contribution in [3.8, 4) is 5.75 Å². The largest absolute Gasteiger partial charge is 0.497 e. The maximum atomic E-state index is 11.9. The second kappa shape index (κ2) is 9.31. The molecule has 8 heteroatoms. The van der Waals surface area contributed by atoms with Crippen LogP contribution in [0.25, 0.3) is 0 Å². The summed E-state index contributed by atoms with van der Waals surface area (Å²) in [6, 6.07) is 14.9. The predicted octanol–water partition coefficient (Wildman–Crippen LogP) is 3.07. The molecule has 0 saturated heterocycles. The Morgan fingerprint density at radius 3 is 2.61 bits per heavy atom. The minimum atomic E-state index is -0.428. The topological polar surface area (TPSA) is 98.3 Å². The number of rotatable bonds is 8. The number of aromatic nitrogens is 3. The third-order valence-electron chi connectivity index (χ3n) is 4.01. The average molecular weight is 379 g/mol. The second-order valence-electron chi connectivity index (χ2n) is 5.85. The van der Waals surface area contributed by atoms with Crippen LogP contribution in [0.15, 0.2) is 54.7 Å². The predicted molar refractivity (Wildman–Crippen MR) is 106 cm³/mol. The zero-order valence-electron chi connectivity index (χ0n) is 15.7. The van der Waals surface area contributed by atoms with Crippen molar-refractivity contribution in [3.05, 3.63) is 65.9 Å². The molecule has 144 valence electrons. The van der Waals surface area contributed by atoms with E-state index in [1.807, 2.05) is 30.3 Å². The van der Waals surface area contributed by atoms with Gasteiger partial charge in [0.25, 0.3) is 0 Å². The van der Waals surface area contributed by atoms with Crippen LogP contribution in [0.1, 0.15) is 15.9 Å². The van der Waals surface area contributed by atoms with E-state index in [0.29, 0.717) is 29.6 Å². The van der Waals surface area contributed by atoms with Crippen molar-refractivity contribution in [2.24, 2.45) is 0 Å². The molecule has 28 heavy (non-hydrogen) atoms. The number of nitrogens with one attached hydrogen (secondary N) is 2. The summed E-state index contributed by atoms with van der Waals surface area (Å²) in [7, 11) is 2.99. The van der Waals surface area contributed by atoms with E-state index < -0.39 is 5.97 Å². The Bertz CT molecular complexity index is 931. The minimum Gasteiger partial charge on any atom is -0.497 e. The van der Waals surface area contributed by atoms with Crippen LogP contribution < -0.4 is 15.4 Å². The lowest BCUT2D eigenvalue weighted by molar-refractivity contribution is 0.0602. The molecule has 0 saturated carbocycles. The summed E-state index contributed by atoms with van der Waals surface area (Å²) < 4.78 is 9.96. The molecular weight excluding hydrogens is 358 g/mol. The van der Waals surface area contributed by atoms with Gasteiger partial charge in [-0.15, -0.1) is 5.10 Å². The molecule has 0 unspecified atom stereocenters. The van der Waals surface area contributed by atoms with Crippen LogP contribution in [0.5, 0.6) is 5.75 Å². The lowest BCUT2D eigenvalue weighted by Crippen LogP contribution is -2.10. The zero-order valence-corrected chi connectivity index (χ0v) is 15.7. The van der Waals surface area contributed by atoms with E-state index in [9.17, 15) is 4.79 Å². The maximum absolute atomic E-state index is 11.9. The molecule has 8 nitrogen and oxygen atoms in total. The molecule has 0 amide bonds. The van der Waals surface area contributed by atoms with Gasteiger partial charge in [0.1, 0.15) is 5.75 Å². The third kappa shape index (κ3) is 4.94. The molecule has 3 aromatic rings. The van der Waals surface area contributed by atoms with Crippen LogP contribution in [0.3, 0.4) is 0 Å². The molecule has 3 rings (SSSR count). The highest BCUT2D eigenvalue weighted by atomic mass is 16.5. The molecule has 0 aliphatic heterocycles. The maximum Gasteiger partial charge on any atom is 0.339 e. The van der Waals surface area contributed by atoms with Crippen molar-refractivity contribution in [1.29, 1.82) is 0 Å². The Labute approximate surface area is 162 Å². The quantitative estimate of drug-likeness (QED) is 0.576. The van der Waals surface area contributed by atoms with Gasteiger partial charge in [0, 0.05) is 6.54 Å². The number of carbonyl (C=O) groups excluding carboxylic acids is 1. The number of anilines is 3. The number of carbonyl (C=O) groups is 1. The second-order valence-corrected chi connectivity index (χ2v) is 5.85. The Kier molecular flexibility index (Phi) is 6.35. The lowest BCUT2D eigenvalue weighted by Gasteiger charge is -2.10. The van der Waals surface area contributed by atoms with Crippen molar-refractivity contribution in [2.45, 2.75) is 6.42 Å². The highest BCUT2D eigenvalue weighted by Crippen LogP contribution is 2.20. The first-order valence-corrected chi connectivity index (χ1v) is 8.70. The lowest BCUT2D eigenvalue weighted by atomic mass is 10.1. The first kappa shape index (κ1) is 19.1. The summed E-state index contributed by atoms with van der Waals surface area (Å²) in [5.74, 6) is 1.27. The number of esters is 1. The first-order valence-electron chi connectivity index (χ1n) is 8.70. The summed E-state index contributed by atoms with van der Waals surface area (Å²) in [4.78, 5) is 16.3. The molecule has 2 N–H and O–H groups in total. The van der Waals surface area contributed by atoms with Crippen LogP contribution >= 0.6 is 0 Å². The van der Waals surface area contributed by atoms with Crippen molar-refractivity contribution in [1.82, 2.24) is 15.2 Å². The molecule has 2 aromatic carbocycles. The van der Waals surface area contributed by atoms with Crippen molar-refractivity contribution in [3.63, 3.8) is 0 Å². The molecule has 0 bridgehead atoms. The molecular formula is C20H21N5O3. The summed E-state index contributed by atoms with van der Waals surface area (Å²) in [6.45, 7) is 0.649. The van der Waals surface area contributed by atoms with Gasteiger partial charge in [0.2, 0.25) is 5.95 Å². The van der Waals surface area contributed by atoms with Crippen LogP contribution in [0.4, 0.5) is 17.5 Å². The highest BCUT2D eigenvalue weighted by Gasteiger charge is 2.12. The third-order valence-corrected chi connectivity index (χ3v) is 4.01. The van der Waals surface area contributed by atoms with E-state index in [1.165, 1.54) is 18.9 Å². The van der Waals surface area contributed by atoms with E-state index in [1.54, 1.807) is 25.3 Å². The van der Waals surface area contributed by atoms with E-state index in [-0.39, 0.29) is 0 Å². The van der Waals surface area contributed by atoms with Crippen LogP contribution in [0.2, 0.25) is 0 Å². The van der Waals surface area contributed by atoms with Gasteiger partial charge in [-0.25, -0.2) is 4.79 Å². The van der Waals surface area contributed by atoms with E-state index in [0.717, 1.165) is 12.2 Å². The summed E-state index contributed by atoms with van der Waals surface area (Å²) in [5, 5.41) is 14.2. The number of methoxy groups -OCH3 is 2. The summed E-state index contributed by atoms with van der Waals surface area (Å²) in [6.07, 6.45) is 2.29. The Hall–Kier alpha value is -3.68. The first-order chi connectivity index (χ1) is 13.7. The van der Waals surface area contributed by atoms with Crippen molar-refractivity contribution >= 4 is 23.4 Å². The monoisotopic (exact) mass is 379 g/mol. The van der Waals surface area contributed by atoms with Crippen molar-refractivity contribution < 1.29 is 14.3 Å². The van der Waals surface area contributed by atoms with Gasteiger partial charge in [-0.1, -0.05) is 24.3 Å². The normalized spacial score (nSPS) is 10.2. The fraction of sp³-hybridized carbons (Fsp3) is 0.200. The molecule has 0 aliphatic rings. The van der Waals surface area contributed by atoms with Gasteiger partial charge < -0.3 is 20.1 Å². The number of ether oxygens (including phenoxy) is 2. The number of hydrogen-bond donors (Lipinski definition) is 2. The Morgan fingerprint density at radius 2 is 1.86 bits per heavy atom. The smallest absolute Gasteiger partial charge is 0.339 e. The molecule has 1 heterocycles. The van der Waals surface area contributed by atoms with Gasteiger partial charge in [-0.05, 0) is 36.2 Å². The van der Waals surface area contributed by atoms with Crippen LogP contribution in [-0.2, 0) is 11.2 Å². The SMILES string of the molecule is COC(=O)c1ccccc1Nc1cnnc(NCCc2ccc(OC)cc2)n1. The molecule has 0 atom stereocenters. The number of hydrogen-bond acceptors (Lipinski definition) is 8. The molecule has 0 aliphatic carbocycles. The van der Waals surface area contributed by atoms with Gasteiger partial charge >= 0.3 is 5.97 Å². The van der Waals surface area contributed by atoms with Gasteiger partial charge in [-0.3, -0.25) is 0 Å². The Morgan fingerprint density at radius 1 is 1.07 bits per heavy atom. The van der Waals surface area contributed by atoms with Gasteiger partial charge in [0.15, 0.2) is 5.82 Å². The summed E-state index contributed by atoms with van der Waals surface area (Å²) >= 11 is 0. The Balaban J connectivity index is 1.62. The minimum absolute atomic E-state index is 0.397. The van der Waals surface area contributed by atoms with Crippen molar-refractivity contribution in [2.75, 3.05) is 31.4 Å². The van der Waals surface area contributed by atoms with Crippen LogP contribution in [-0.4, -0.2) is 41.9 Å². The van der Waals surface area contributed by atoms with E-state index in [4.69, 9.17) is 9.47 Å². The standard InChI is InChI=1S/C20H21N5O3/c1-27-15-9-7-14(8-10-15)11-12-21-20-24-18(13-22-25-20)23-17-6-4-3-5-16(17)19(26)28-2/h3-10,13H,11-12H2,1-2H3,(H2,21,23,24,25). The molecule has 0 fully saturated rings. The van der Waals surface area contributed by atoms with Gasteiger partial charge in [0.05, 0.1) is 31.7 Å². The number of para-hydroxylation sites is 1. The molecule has 0 spiro atoms. The molecule has 1 aromatic heterocycles. The fourth-order valence-electron chi connectivity index (χ4n) is 2.57. The van der Waals surface area contributed by atoms with Gasteiger partial charge in [-0.2, -0.15) is 10.1 Å². The van der Waals surface area contributed by atoms with Crippen LogP contribution in [0, 0.1) is 0 Å². The average Bonchev–Trinajstić information content (AvgIpc) is 2.74.